The Morgan fingerprint density at radius 2 is 1.67 bits per heavy atom. The van der Waals surface area contributed by atoms with Crippen molar-refractivity contribution in [3.63, 3.8) is 0 Å². The zero-order valence-electron chi connectivity index (χ0n) is 8.09. The molecule has 1 nitrogen and oxygen atoms in total. The first-order valence-corrected chi connectivity index (χ1v) is 6.80. The Labute approximate surface area is 79.0 Å². The standard InChI is InChI=1S/C10H20NS/c1-11(12-8-5-9-12)10-6-3-2-4-7-10/h10H,2-9H2,1H3/q+1. The molecule has 0 aromatic heterocycles. The van der Waals surface area contributed by atoms with E-state index in [0.717, 1.165) is 6.04 Å². The Kier molecular flexibility index (Phi) is 2.97. The highest BCUT2D eigenvalue weighted by atomic mass is 32.2. The van der Waals surface area contributed by atoms with Gasteiger partial charge in [-0.15, -0.1) is 4.31 Å². The lowest BCUT2D eigenvalue weighted by molar-refractivity contribution is 0.299. The summed E-state index contributed by atoms with van der Waals surface area (Å²) in [6.07, 6.45) is 8.87. The maximum atomic E-state index is 2.70. The average Bonchev–Trinajstić information content (AvgIpc) is 2.03. The molecule has 0 radical (unpaired) electrons. The van der Waals surface area contributed by atoms with Crippen molar-refractivity contribution in [2.75, 3.05) is 18.6 Å². The lowest BCUT2D eigenvalue weighted by Gasteiger charge is -2.32. The Hall–Kier alpha value is 0.310. The van der Waals surface area contributed by atoms with Crippen LogP contribution in [0.15, 0.2) is 0 Å². The maximum Gasteiger partial charge on any atom is 0.132 e. The van der Waals surface area contributed by atoms with Gasteiger partial charge in [0, 0.05) is 13.5 Å². The van der Waals surface area contributed by atoms with Crippen LogP contribution >= 0.6 is 0 Å². The van der Waals surface area contributed by atoms with Crippen LogP contribution in [-0.4, -0.2) is 28.9 Å². The first kappa shape index (κ1) is 8.89. The quantitative estimate of drug-likeness (QED) is 0.598. The predicted molar refractivity (Wildman–Crippen MR) is 56.4 cm³/mol. The van der Waals surface area contributed by atoms with Crippen molar-refractivity contribution in [2.24, 2.45) is 0 Å². The molecule has 0 spiro atoms. The first-order chi connectivity index (χ1) is 5.88. The lowest BCUT2D eigenvalue weighted by atomic mass is 9.96. The van der Waals surface area contributed by atoms with Crippen molar-refractivity contribution in [3.8, 4) is 0 Å². The minimum Gasteiger partial charge on any atom is -0.126 e. The number of rotatable bonds is 2. The van der Waals surface area contributed by atoms with Crippen LogP contribution in [0.5, 0.6) is 0 Å². The van der Waals surface area contributed by atoms with Crippen LogP contribution in [0.4, 0.5) is 0 Å². The number of hydrogen-bond donors (Lipinski definition) is 0. The second kappa shape index (κ2) is 4.01. The summed E-state index contributed by atoms with van der Waals surface area (Å²) in [5.74, 6) is 2.99. The average molecular weight is 186 g/mol. The fourth-order valence-corrected chi connectivity index (χ4v) is 3.97. The Morgan fingerprint density at radius 3 is 2.17 bits per heavy atom. The minimum atomic E-state index is 0.695. The van der Waals surface area contributed by atoms with E-state index in [9.17, 15) is 0 Å². The summed E-state index contributed by atoms with van der Waals surface area (Å²) in [5.41, 5.74) is 0. The summed E-state index contributed by atoms with van der Waals surface area (Å²) in [6, 6.07) is 0.947. The molecule has 12 heavy (non-hydrogen) atoms. The van der Waals surface area contributed by atoms with Crippen LogP contribution in [0.1, 0.15) is 38.5 Å². The lowest BCUT2D eigenvalue weighted by Crippen LogP contribution is -2.45. The molecule has 1 aliphatic heterocycles. The van der Waals surface area contributed by atoms with E-state index < -0.39 is 0 Å². The van der Waals surface area contributed by atoms with Gasteiger partial charge in [-0.25, -0.2) is 0 Å². The monoisotopic (exact) mass is 186 g/mol. The Bertz CT molecular complexity index is 139. The van der Waals surface area contributed by atoms with Gasteiger partial charge < -0.3 is 0 Å². The third-order valence-electron chi connectivity index (χ3n) is 3.26. The van der Waals surface area contributed by atoms with Gasteiger partial charge in [-0.05, 0) is 12.8 Å². The van der Waals surface area contributed by atoms with E-state index in [2.05, 4.69) is 11.4 Å². The molecule has 0 unspecified atom stereocenters. The summed E-state index contributed by atoms with van der Waals surface area (Å²) in [4.78, 5) is 0. The molecule has 0 N–H and O–H groups in total. The molecular formula is C10H20NS+. The molecule has 0 bridgehead atoms. The summed E-state index contributed by atoms with van der Waals surface area (Å²) in [5, 5.41) is 0. The summed E-state index contributed by atoms with van der Waals surface area (Å²) in [7, 11) is 2.36. The molecule has 1 saturated carbocycles. The molecule has 2 aliphatic rings. The van der Waals surface area contributed by atoms with E-state index in [4.69, 9.17) is 0 Å². The van der Waals surface area contributed by atoms with E-state index in [-0.39, 0.29) is 0 Å². The van der Waals surface area contributed by atoms with Crippen molar-refractivity contribution in [2.45, 2.75) is 44.6 Å². The fraction of sp³-hybridized carbons (Fsp3) is 1.00. The molecule has 2 rings (SSSR count). The summed E-state index contributed by atoms with van der Waals surface area (Å²) in [6.45, 7) is 0. The van der Waals surface area contributed by atoms with Gasteiger partial charge in [0.2, 0.25) is 0 Å². The second-order valence-corrected chi connectivity index (χ2v) is 6.38. The fourth-order valence-electron chi connectivity index (χ4n) is 2.22. The van der Waals surface area contributed by atoms with Gasteiger partial charge in [0.1, 0.15) is 11.5 Å². The molecule has 70 valence electrons. The molecule has 2 heteroatoms. The number of hydrogen-bond acceptors (Lipinski definition) is 1. The van der Waals surface area contributed by atoms with E-state index in [1.165, 1.54) is 50.0 Å². The Morgan fingerprint density at radius 1 is 1.00 bits per heavy atom. The third-order valence-corrected chi connectivity index (χ3v) is 5.89. The van der Waals surface area contributed by atoms with Gasteiger partial charge in [-0.2, -0.15) is 0 Å². The summed E-state index contributed by atoms with van der Waals surface area (Å²) >= 11 is 0.695. The highest BCUT2D eigenvalue weighted by Crippen LogP contribution is 2.27. The van der Waals surface area contributed by atoms with Crippen LogP contribution in [-0.2, 0) is 11.1 Å². The zero-order chi connectivity index (χ0) is 8.39. The van der Waals surface area contributed by atoms with E-state index in [1.54, 1.807) is 0 Å². The molecule has 1 saturated heterocycles. The van der Waals surface area contributed by atoms with Crippen LogP contribution in [0, 0.1) is 0 Å². The van der Waals surface area contributed by atoms with Crippen LogP contribution < -0.4 is 0 Å². The molecule has 0 atom stereocenters. The van der Waals surface area contributed by atoms with Crippen molar-refractivity contribution < 1.29 is 0 Å². The van der Waals surface area contributed by atoms with Gasteiger partial charge >= 0.3 is 0 Å². The molecule has 0 aromatic rings. The molecule has 2 fully saturated rings. The molecule has 1 aliphatic carbocycles. The first-order valence-electron chi connectivity index (χ1n) is 5.28. The van der Waals surface area contributed by atoms with Gasteiger partial charge in [0.25, 0.3) is 0 Å². The predicted octanol–water partition coefficient (Wildman–Crippen LogP) is 2.19. The van der Waals surface area contributed by atoms with Gasteiger partial charge in [0.05, 0.1) is 17.1 Å². The highest BCUT2D eigenvalue weighted by molar-refractivity contribution is 7.95. The topological polar surface area (TPSA) is 3.24 Å². The number of nitrogens with zero attached hydrogens (tertiary/aromatic N) is 1. The molecule has 1 heterocycles. The van der Waals surface area contributed by atoms with E-state index in [0.29, 0.717) is 11.1 Å². The van der Waals surface area contributed by atoms with Gasteiger partial charge in [0.15, 0.2) is 0 Å². The smallest absolute Gasteiger partial charge is 0.126 e. The minimum absolute atomic E-state index is 0.695. The van der Waals surface area contributed by atoms with Gasteiger partial charge in [-0.3, -0.25) is 0 Å². The molecular weight excluding hydrogens is 166 g/mol. The zero-order valence-corrected chi connectivity index (χ0v) is 8.91. The molecule has 0 amide bonds. The molecule has 0 aromatic carbocycles. The highest BCUT2D eigenvalue weighted by Gasteiger charge is 2.37. The van der Waals surface area contributed by atoms with Crippen molar-refractivity contribution >= 4 is 11.1 Å². The van der Waals surface area contributed by atoms with Crippen molar-refractivity contribution in [1.82, 2.24) is 4.31 Å². The largest absolute Gasteiger partial charge is 0.132 e. The van der Waals surface area contributed by atoms with Crippen molar-refractivity contribution in [3.05, 3.63) is 0 Å². The Balaban J connectivity index is 1.80. The van der Waals surface area contributed by atoms with E-state index in [1.807, 2.05) is 0 Å². The normalized spacial score (nSPS) is 27.5. The second-order valence-electron chi connectivity index (χ2n) is 4.06. The SMILES string of the molecule is CN(C1CCCCC1)[S+]1CCC1. The van der Waals surface area contributed by atoms with Crippen LogP contribution in [0.25, 0.3) is 0 Å². The van der Waals surface area contributed by atoms with Crippen molar-refractivity contribution in [1.29, 1.82) is 0 Å². The maximum absolute atomic E-state index is 2.70. The van der Waals surface area contributed by atoms with Gasteiger partial charge in [-0.1, -0.05) is 19.3 Å². The third kappa shape index (κ3) is 1.80. The van der Waals surface area contributed by atoms with Crippen LogP contribution in [0.2, 0.25) is 0 Å². The van der Waals surface area contributed by atoms with Crippen LogP contribution in [0.3, 0.4) is 0 Å². The van der Waals surface area contributed by atoms with E-state index >= 15 is 0 Å². The summed E-state index contributed by atoms with van der Waals surface area (Å²) < 4.78 is 2.70.